The molecular weight excluding hydrogens is 358 g/mol. The van der Waals surface area contributed by atoms with E-state index in [4.69, 9.17) is 21.1 Å². The van der Waals surface area contributed by atoms with Crippen LogP contribution >= 0.6 is 11.6 Å². The highest BCUT2D eigenvalue weighted by Crippen LogP contribution is 2.29. The average molecular weight is 374 g/mol. The van der Waals surface area contributed by atoms with Gasteiger partial charge in [-0.2, -0.15) is 5.10 Å². The van der Waals surface area contributed by atoms with E-state index in [1.807, 2.05) is 18.2 Å². The van der Waals surface area contributed by atoms with Crippen LogP contribution in [0.4, 0.5) is 4.79 Å². The van der Waals surface area contributed by atoms with E-state index < -0.39 is 6.03 Å². The van der Waals surface area contributed by atoms with Gasteiger partial charge in [0.25, 0.3) is 0 Å². The van der Waals surface area contributed by atoms with Crippen molar-refractivity contribution in [2.24, 2.45) is 5.10 Å². The highest BCUT2D eigenvalue weighted by atomic mass is 35.5. The van der Waals surface area contributed by atoms with Crippen LogP contribution in [-0.2, 0) is 11.4 Å². The summed E-state index contributed by atoms with van der Waals surface area (Å²) < 4.78 is 11.1. The van der Waals surface area contributed by atoms with Crippen molar-refractivity contribution in [2.75, 3.05) is 13.7 Å². The molecule has 2 aromatic carbocycles. The Hall–Kier alpha value is -3.06. The minimum absolute atomic E-state index is 0.0918. The maximum atomic E-state index is 11.5. The van der Waals surface area contributed by atoms with E-state index in [-0.39, 0.29) is 12.5 Å². The van der Waals surface area contributed by atoms with Crippen molar-refractivity contribution in [3.8, 4) is 11.5 Å². The third-order valence-electron chi connectivity index (χ3n) is 3.65. The standard InChI is InChI=1S/C18H16ClN3O4/c1-25-16-8-12(9-20-22-10-17(23)21-18(22)24)6-7-15(16)26-11-13-4-2-3-5-14(13)19/h2-9H,10-11H2,1H3,(H,21,23,24)/b20-9-. The zero-order valence-corrected chi connectivity index (χ0v) is 14.7. The number of hydrogen-bond donors (Lipinski definition) is 1. The Bertz CT molecular complexity index is 869. The molecule has 0 aliphatic carbocycles. The predicted octanol–water partition coefficient (Wildman–Crippen LogP) is 2.81. The molecule has 134 valence electrons. The van der Waals surface area contributed by atoms with E-state index in [9.17, 15) is 9.59 Å². The van der Waals surface area contributed by atoms with Gasteiger partial charge in [-0.3, -0.25) is 10.1 Å². The smallest absolute Gasteiger partial charge is 0.344 e. The first kappa shape index (κ1) is 17.8. The zero-order valence-electron chi connectivity index (χ0n) is 13.9. The summed E-state index contributed by atoms with van der Waals surface area (Å²) in [5.41, 5.74) is 1.56. The Labute approximate surface area is 155 Å². The van der Waals surface area contributed by atoms with Crippen LogP contribution in [0.25, 0.3) is 0 Å². The summed E-state index contributed by atoms with van der Waals surface area (Å²) in [6, 6.07) is 12.1. The number of carbonyl (C=O) groups is 2. The van der Waals surface area contributed by atoms with Gasteiger partial charge in [0.05, 0.1) is 13.3 Å². The maximum Gasteiger partial charge on any atom is 0.344 e. The lowest BCUT2D eigenvalue weighted by atomic mass is 10.2. The van der Waals surface area contributed by atoms with Crippen LogP contribution in [0, 0.1) is 0 Å². The van der Waals surface area contributed by atoms with E-state index in [0.717, 1.165) is 10.6 Å². The van der Waals surface area contributed by atoms with Gasteiger partial charge in [-0.1, -0.05) is 29.8 Å². The molecule has 0 aromatic heterocycles. The summed E-state index contributed by atoms with van der Waals surface area (Å²) >= 11 is 6.12. The molecule has 1 saturated heterocycles. The number of nitrogens with one attached hydrogen (secondary N) is 1. The van der Waals surface area contributed by atoms with Crippen molar-refractivity contribution >= 4 is 29.8 Å². The SMILES string of the molecule is COc1cc(/C=N\N2CC(=O)NC2=O)ccc1OCc1ccccc1Cl. The molecule has 1 fully saturated rings. The Morgan fingerprint density at radius 2 is 2.04 bits per heavy atom. The topological polar surface area (TPSA) is 80.2 Å². The molecule has 8 heteroatoms. The quantitative estimate of drug-likeness (QED) is 0.623. The predicted molar refractivity (Wildman–Crippen MR) is 96.6 cm³/mol. The van der Waals surface area contributed by atoms with Crippen LogP contribution in [0.15, 0.2) is 47.6 Å². The van der Waals surface area contributed by atoms with E-state index >= 15 is 0 Å². The number of urea groups is 1. The van der Waals surface area contributed by atoms with Crippen LogP contribution in [-0.4, -0.2) is 36.8 Å². The molecule has 0 spiro atoms. The highest BCUT2D eigenvalue weighted by Gasteiger charge is 2.25. The number of methoxy groups -OCH3 is 1. The summed E-state index contributed by atoms with van der Waals surface area (Å²) in [5.74, 6) is 0.690. The summed E-state index contributed by atoms with van der Waals surface area (Å²) in [6.45, 7) is 0.213. The number of carbonyl (C=O) groups excluding carboxylic acids is 2. The number of rotatable bonds is 6. The number of nitrogens with zero attached hydrogens (tertiary/aromatic N) is 2. The first-order valence-corrected chi connectivity index (χ1v) is 8.14. The lowest BCUT2D eigenvalue weighted by Gasteiger charge is -2.12. The van der Waals surface area contributed by atoms with Gasteiger partial charge in [-0.05, 0) is 29.8 Å². The molecule has 1 aliphatic rings. The lowest BCUT2D eigenvalue weighted by Crippen LogP contribution is -2.24. The lowest BCUT2D eigenvalue weighted by molar-refractivity contribution is -0.118. The van der Waals surface area contributed by atoms with Crippen LogP contribution in [0.3, 0.4) is 0 Å². The van der Waals surface area contributed by atoms with Crippen LogP contribution in [0.2, 0.25) is 5.02 Å². The second-order valence-corrected chi connectivity index (χ2v) is 5.85. The van der Waals surface area contributed by atoms with Gasteiger partial charge in [0.1, 0.15) is 13.2 Å². The monoisotopic (exact) mass is 373 g/mol. The fourth-order valence-electron chi connectivity index (χ4n) is 2.32. The van der Waals surface area contributed by atoms with Crippen LogP contribution in [0.1, 0.15) is 11.1 Å². The van der Waals surface area contributed by atoms with Crippen molar-refractivity contribution in [2.45, 2.75) is 6.61 Å². The summed E-state index contributed by atoms with van der Waals surface area (Å²) in [5, 5.41) is 7.83. The molecule has 3 rings (SSSR count). The number of hydrazone groups is 1. The molecular formula is C18H16ClN3O4. The third kappa shape index (κ3) is 4.12. The van der Waals surface area contributed by atoms with Gasteiger partial charge in [-0.25, -0.2) is 9.80 Å². The van der Waals surface area contributed by atoms with E-state index in [2.05, 4.69) is 10.4 Å². The molecule has 0 atom stereocenters. The second kappa shape index (κ2) is 7.88. The molecule has 1 aliphatic heterocycles. The molecule has 0 radical (unpaired) electrons. The molecule has 0 saturated carbocycles. The van der Waals surface area contributed by atoms with Gasteiger partial charge < -0.3 is 9.47 Å². The molecule has 7 nitrogen and oxygen atoms in total. The minimum Gasteiger partial charge on any atom is -0.493 e. The highest BCUT2D eigenvalue weighted by molar-refractivity contribution is 6.31. The largest absolute Gasteiger partial charge is 0.493 e. The Balaban J connectivity index is 1.70. The Kier molecular flexibility index (Phi) is 5.38. The number of hydrogen-bond acceptors (Lipinski definition) is 5. The summed E-state index contributed by atoms with van der Waals surface area (Å²) in [6.07, 6.45) is 1.47. The molecule has 0 unspecified atom stereocenters. The van der Waals surface area contributed by atoms with Crippen molar-refractivity contribution in [3.63, 3.8) is 0 Å². The van der Waals surface area contributed by atoms with Gasteiger partial charge in [0.2, 0.25) is 5.91 Å². The number of halogens is 1. The summed E-state index contributed by atoms with van der Waals surface area (Å²) in [7, 11) is 1.53. The molecule has 2 aromatic rings. The molecule has 0 bridgehead atoms. The van der Waals surface area contributed by atoms with Gasteiger partial charge in [0.15, 0.2) is 11.5 Å². The molecule has 1 N–H and O–H groups in total. The zero-order chi connectivity index (χ0) is 18.5. The van der Waals surface area contributed by atoms with Crippen molar-refractivity contribution in [1.29, 1.82) is 0 Å². The van der Waals surface area contributed by atoms with E-state index in [0.29, 0.717) is 28.7 Å². The second-order valence-electron chi connectivity index (χ2n) is 5.45. The van der Waals surface area contributed by atoms with Gasteiger partial charge in [-0.15, -0.1) is 0 Å². The van der Waals surface area contributed by atoms with Gasteiger partial charge in [0, 0.05) is 10.6 Å². The normalized spacial score (nSPS) is 14.0. The fourth-order valence-corrected chi connectivity index (χ4v) is 2.51. The van der Waals surface area contributed by atoms with Crippen molar-refractivity contribution in [3.05, 3.63) is 58.6 Å². The average Bonchev–Trinajstić information content (AvgIpc) is 2.97. The number of imide groups is 1. The van der Waals surface area contributed by atoms with Crippen LogP contribution in [0.5, 0.6) is 11.5 Å². The Morgan fingerprint density at radius 1 is 1.23 bits per heavy atom. The number of benzene rings is 2. The first-order chi connectivity index (χ1) is 12.6. The van der Waals surface area contributed by atoms with E-state index in [1.165, 1.54) is 13.3 Å². The summed E-state index contributed by atoms with van der Waals surface area (Å²) in [4.78, 5) is 22.6. The maximum absolute atomic E-state index is 11.5. The van der Waals surface area contributed by atoms with Crippen molar-refractivity contribution in [1.82, 2.24) is 10.3 Å². The number of amides is 3. The van der Waals surface area contributed by atoms with Crippen LogP contribution < -0.4 is 14.8 Å². The Morgan fingerprint density at radius 3 is 2.73 bits per heavy atom. The molecule has 3 amide bonds. The van der Waals surface area contributed by atoms with Gasteiger partial charge >= 0.3 is 6.03 Å². The molecule has 1 heterocycles. The minimum atomic E-state index is -0.544. The fraction of sp³-hybridized carbons (Fsp3) is 0.167. The number of ether oxygens (including phenoxy) is 2. The van der Waals surface area contributed by atoms with Crippen molar-refractivity contribution < 1.29 is 19.1 Å². The third-order valence-corrected chi connectivity index (χ3v) is 4.02. The molecule has 26 heavy (non-hydrogen) atoms. The van der Waals surface area contributed by atoms with E-state index in [1.54, 1.807) is 24.3 Å². The first-order valence-electron chi connectivity index (χ1n) is 7.76.